The molecular weight excluding hydrogens is 528 g/mol. The van der Waals surface area contributed by atoms with E-state index in [1.54, 1.807) is 42.7 Å². The molecule has 0 radical (unpaired) electrons. The van der Waals surface area contributed by atoms with Crippen molar-refractivity contribution in [3.05, 3.63) is 113 Å². The van der Waals surface area contributed by atoms with Crippen molar-refractivity contribution in [1.82, 2.24) is 15.6 Å². The zero-order valence-corrected chi connectivity index (χ0v) is 22.6. The Bertz CT molecular complexity index is 1460. The lowest BCUT2D eigenvalue weighted by Crippen LogP contribution is -2.55. The molecule has 3 aromatic carbocycles. The van der Waals surface area contributed by atoms with E-state index in [0.717, 1.165) is 27.5 Å². The zero-order valence-electron chi connectivity index (χ0n) is 21.8. The normalized spacial score (nSPS) is 13.2. The van der Waals surface area contributed by atoms with Gasteiger partial charge in [-0.2, -0.15) is 0 Å². The quantitative estimate of drug-likeness (QED) is 0.209. The van der Waals surface area contributed by atoms with Crippen molar-refractivity contribution in [2.45, 2.75) is 43.8 Å². The molecule has 3 atom stereocenters. The average Bonchev–Trinajstić information content (AvgIpc) is 2.96. The van der Waals surface area contributed by atoms with Crippen LogP contribution in [0.1, 0.15) is 23.1 Å². The predicted octanol–water partition coefficient (Wildman–Crippen LogP) is 3.69. The van der Waals surface area contributed by atoms with Crippen LogP contribution in [0.4, 0.5) is 0 Å². The molecule has 206 valence electrons. The first-order valence-corrected chi connectivity index (χ1v) is 13.4. The number of rotatable bonds is 12. The van der Waals surface area contributed by atoms with Gasteiger partial charge in [-0.1, -0.05) is 72.3 Å². The van der Waals surface area contributed by atoms with Crippen LogP contribution >= 0.6 is 11.6 Å². The number of nitrogens with zero attached hydrogens (tertiary/aromatic N) is 1. The van der Waals surface area contributed by atoms with Crippen molar-refractivity contribution >= 4 is 40.2 Å². The molecule has 8 nitrogen and oxygen atoms in total. The van der Waals surface area contributed by atoms with E-state index >= 15 is 0 Å². The Labute approximate surface area is 237 Å². The second-order valence-electron chi connectivity index (χ2n) is 9.68. The predicted molar refractivity (Wildman–Crippen MR) is 155 cm³/mol. The Morgan fingerprint density at radius 3 is 2.20 bits per heavy atom. The fraction of sp³-hybridized carbons (Fsp3) is 0.226. The first-order chi connectivity index (χ1) is 19.3. The summed E-state index contributed by atoms with van der Waals surface area (Å²) in [4.78, 5) is 42.5. The Morgan fingerprint density at radius 2 is 1.50 bits per heavy atom. The number of aryl methyl sites for hydroxylation is 1. The number of hydrogen-bond donors (Lipinski definition) is 4. The van der Waals surface area contributed by atoms with Crippen LogP contribution in [-0.4, -0.2) is 46.0 Å². The smallest absolute Gasteiger partial charge is 0.326 e. The van der Waals surface area contributed by atoms with Gasteiger partial charge in [-0.05, 0) is 64.9 Å². The van der Waals surface area contributed by atoms with Crippen molar-refractivity contribution in [2.75, 3.05) is 0 Å². The minimum Gasteiger partial charge on any atom is -0.480 e. The first-order valence-electron chi connectivity index (χ1n) is 13.0. The van der Waals surface area contributed by atoms with Gasteiger partial charge in [-0.3, -0.25) is 14.6 Å². The summed E-state index contributed by atoms with van der Waals surface area (Å²) < 4.78 is 0. The second kappa shape index (κ2) is 13.7. The average molecular weight is 559 g/mol. The fourth-order valence-electron chi connectivity index (χ4n) is 4.44. The molecule has 1 heterocycles. The number of carbonyl (C=O) groups excluding carboxylic acids is 2. The number of nitrogens with one attached hydrogen (secondary N) is 2. The van der Waals surface area contributed by atoms with E-state index in [-0.39, 0.29) is 19.3 Å². The maximum absolute atomic E-state index is 13.3. The summed E-state index contributed by atoms with van der Waals surface area (Å²) in [6.07, 6.45) is 4.27. The third-order valence-corrected chi connectivity index (χ3v) is 6.90. The van der Waals surface area contributed by atoms with Crippen LogP contribution in [0.25, 0.3) is 10.8 Å². The minimum absolute atomic E-state index is 0.131. The molecule has 0 saturated heterocycles. The molecule has 1 aromatic heterocycles. The molecule has 4 aromatic rings. The summed E-state index contributed by atoms with van der Waals surface area (Å²) >= 11 is 6.00. The second-order valence-corrected chi connectivity index (χ2v) is 10.1. The zero-order chi connectivity index (χ0) is 28.5. The number of carboxylic acid groups (broad SMARTS) is 1. The number of pyridine rings is 1. The lowest BCUT2D eigenvalue weighted by atomic mass is 10.0. The van der Waals surface area contributed by atoms with Crippen LogP contribution in [0, 0.1) is 0 Å². The van der Waals surface area contributed by atoms with Gasteiger partial charge in [0, 0.05) is 23.8 Å². The van der Waals surface area contributed by atoms with E-state index in [0.29, 0.717) is 11.4 Å². The monoisotopic (exact) mass is 558 g/mol. The van der Waals surface area contributed by atoms with E-state index in [1.807, 2.05) is 48.5 Å². The number of benzene rings is 3. The van der Waals surface area contributed by atoms with Gasteiger partial charge in [-0.15, -0.1) is 0 Å². The van der Waals surface area contributed by atoms with Crippen LogP contribution < -0.4 is 16.4 Å². The standard InChI is InChI=1S/C31H31ClN4O4/c32-25-12-8-20(9-13-25)18-28(30(38)35-27(31(39)40)14-10-21-4-3-15-34-19-21)36-29(37)26(33)17-22-7-11-23-5-1-2-6-24(23)16-22/h1-9,11-13,15-16,19,26-28H,10,14,17-18,33H2,(H,35,38)(H,36,37)(H,39,40)/t26-,27-,28-/m1/s1. The number of hydrogen-bond acceptors (Lipinski definition) is 5. The first kappa shape index (κ1) is 28.7. The summed E-state index contributed by atoms with van der Waals surface area (Å²) in [6.45, 7) is 0. The minimum atomic E-state index is -1.16. The third kappa shape index (κ3) is 8.11. The van der Waals surface area contributed by atoms with E-state index < -0.39 is 35.9 Å². The van der Waals surface area contributed by atoms with E-state index in [9.17, 15) is 19.5 Å². The maximum atomic E-state index is 13.3. The fourth-order valence-corrected chi connectivity index (χ4v) is 4.57. The number of nitrogens with two attached hydrogens (primary N) is 1. The SMILES string of the molecule is N[C@H](Cc1ccc2ccccc2c1)C(=O)N[C@H](Cc1ccc(Cl)cc1)C(=O)N[C@H](CCc1cccnc1)C(=O)O. The summed E-state index contributed by atoms with van der Waals surface area (Å²) in [5.74, 6) is -2.29. The number of halogens is 1. The number of carboxylic acids is 1. The lowest BCUT2D eigenvalue weighted by Gasteiger charge is -2.23. The Morgan fingerprint density at radius 1 is 0.800 bits per heavy atom. The molecule has 4 rings (SSSR count). The number of aliphatic carboxylic acids is 1. The molecule has 0 aliphatic heterocycles. The summed E-state index contributed by atoms with van der Waals surface area (Å²) in [5, 5.41) is 17.8. The van der Waals surface area contributed by atoms with Gasteiger partial charge in [0.1, 0.15) is 12.1 Å². The molecule has 0 aliphatic carbocycles. The van der Waals surface area contributed by atoms with E-state index in [2.05, 4.69) is 15.6 Å². The van der Waals surface area contributed by atoms with Crippen molar-refractivity contribution < 1.29 is 19.5 Å². The van der Waals surface area contributed by atoms with Gasteiger partial charge in [0.05, 0.1) is 6.04 Å². The number of amides is 2. The highest BCUT2D eigenvalue weighted by atomic mass is 35.5. The Hall–Kier alpha value is -4.27. The molecular formula is C31H31ClN4O4. The van der Waals surface area contributed by atoms with Gasteiger partial charge in [-0.25, -0.2) is 4.79 Å². The van der Waals surface area contributed by atoms with Crippen molar-refractivity contribution in [1.29, 1.82) is 0 Å². The molecule has 9 heteroatoms. The van der Waals surface area contributed by atoms with Crippen LogP contribution in [0.3, 0.4) is 0 Å². The van der Waals surface area contributed by atoms with Crippen LogP contribution in [0.2, 0.25) is 5.02 Å². The number of aromatic nitrogens is 1. The summed E-state index contributed by atoms with van der Waals surface area (Å²) in [6, 6.07) is 21.2. The Kier molecular flexibility index (Phi) is 9.83. The number of carbonyl (C=O) groups is 3. The molecule has 0 aliphatic rings. The molecule has 0 fully saturated rings. The van der Waals surface area contributed by atoms with Gasteiger partial charge in [0.2, 0.25) is 11.8 Å². The molecule has 2 amide bonds. The lowest BCUT2D eigenvalue weighted by molar-refractivity contribution is -0.142. The topological polar surface area (TPSA) is 134 Å². The van der Waals surface area contributed by atoms with Crippen molar-refractivity contribution in [3.63, 3.8) is 0 Å². The number of fused-ring (bicyclic) bond motifs is 1. The molecule has 0 unspecified atom stereocenters. The highest BCUT2D eigenvalue weighted by Crippen LogP contribution is 2.17. The summed E-state index contributed by atoms with van der Waals surface area (Å²) in [5.41, 5.74) is 8.75. The van der Waals surface area contributed by atoms with E-state index in [1.165, 1.54) is 0 Å². The Balaban J connectivity index is 1.45. The highest BCUT2D eigenvalue weighted by molar-refractivity contribution is 6.30. The maximum Gasteiger partial charge on any atom is 0.326 e. The van der Waals surface area contributed by atoms with E-state index in [4.69, 9.17) is 17.3 Å². The van der Waals surface area contributed by atoms with Crippen LogP contribution in [0.5, 0.6) is 0 Å². The van der Waals surface area contributed by atoms with Gasteiger partial charge in [0.25, 0.3) is 0 Å². The van der Waals surface area contributed by atoms with Gasteiger partial charge >= 0.3 is 5.97 Å². The van der Waals surface area contributed by atoms with Crippen molar-refractivity contribution in [3.8, 4) is 0 Å². The molecule has 0 saturated carbocycles. The summed E-state index contributed by atoms with van der Waals surface area (Å²) in [7, 11) is 0. The van der Waals surface area contributed by atoms with Crippen LogP contribution in [0.15, 0.2) is 91.3 Å². The molecule has 0 bridgehead atoms. The van der Waals surface area contributed by atoms with Crippen molar-refractivity contribution in [2.24, 2.45) is 5.73 Å². The molecule has 40 heavy (non-hydrogen) atoms. The largest absolute Gasteiger partial charge is 0.480 e. The van der Waals surface area contributed by atoms with Crippen LogP contribution in [-0.2, 0) is 33.6 Å². The molecule has 5 N–H and O–H groups in total. The van der Waals surface area contributed by atoms with Gasteiger partial charge in [0.15, 0.2) is 0 Å². The van der Waals surface area contributed by atoms with Gasteiger partial charge < -0.3 is 21.5 Å². The highest BCUT2D eigenvalue weighted by Gasteiger charge is 2.28. The third-order valence-electron chi connectivity index (χ3n) is 6.65. The molecule has 0 spiro atoms.